The van der Waals surface area contributed by atoms with Crippen molar-refractivity contribution < 1.29 is 0 Å². The van der Waals surface area contributed by atoms with Crippen LogP contribution in [0.4, 0.5) is 5.82 Å². The molecule has 1 fully saturated rings. The summed E-state index contributed by atoms with van der Waals surface area (Å²) in [5, 5.41) is 3.25. The van der Waals surface area contributed by atoms with Crippen molar-refractivity contribution in [1.82, 2.24) is 14.9 Å². The van der Waals surface area contributed by atoms with Gasteiger partial charge in [0, 0.05) is 19.6 Å². The van der Waals surface area contributed by atoms with Gasteiger partial charge < -0.3 is 5.32 Å². The average molecular weight is 262 g/mol. The molecule has 1 aromatic heterocycles. The Bertz CT molecular complexity index is 359. The molecule has 1 aromatic rings. The number of aromatic nitrogens is 2. The third-order valence-corrected chi connectivity index (χ3v) is 3.84. The predicted octanol–water partition coefficient (Wildman–Crippen LogP) is 2.92. The lowest BCUT2D eigenvalue weighted by Gasteiger charge is -2.31. The van der Waals surface area contributed by atoms with Crippen LogP contribution in [-0.2, 0) is 6.54 Å². The number of nitrogens with zero attached hydrogens (tertiary/aromatic N) is 3. The van der Waals surface area contributed by atoms with Gasteiger partial charge in [-0.15, -0.1) is 0 Å². The van der Waals surface area contributed by atoms with Gasteiger partial charge in [0.15, 0.2) is 0 Å². The molecule has 2 rings (SSSR count). The van der Waals surface area contributed by atoms with Crippen LogP contribution in [0.15, 0.2) is 12.4 Å². The van der Waals surface area contributed by atoms with Crippen LogP contribution in [0.3, 0.4) is 0 Å². The fourth-order valence-corrected chi connectivity index (χ4v) is 2.36. The van der Waals surface area contributed by atoms with Crippen molar-refractivity contribution in [1.29, 1.82) is 0 Å². The van der Waals surface area contributed by atoms with Crippen LogP contribution in [0, 0.1) is 5.92 Å². The number of hydrogen-bond acceptors (Lipinski definition) is 4. The fraction of sp³-hybridized carbons (Fsp3) is 0.733. The van der Waals surface area contributed by atoms with E-state index in [2.05, 4.69) is 34.0 Å². The Hall–Kier alpha value is -1.16. The lowest BCUT2D eigenvalue weighted by atomic mass is 9.85. The minimum absolute atomic E-state index is 0.882. The Morgan fingerprint density at radius 3 is 2.63 bits per heavy atom. The molecule has 106 valence electrons. The first-order valence-electron chi connectivity index (χ1n) is 7.59. The maximum Gasteiger partial charge on any atom is 0.144 e. The number of anilines is 1. The molecule has 0 aliphatic heterocycles. The first-order chi connectivity index (χ1) is 9.31. The van der Waals surface area contributed by atoms with E-state index in [1.807, 2.05) is 12.4 Å². The molecule has 1 N–H and O–H groups in total. The molecule has 0 radical (unpaired) electrons. The zero-order valence-corrected chi connectivity index (χ0v) is 12.2. The van der Waals surface area contributed by atoms with Crippen LogP contribution in [0.1, 0.15) is 45.2 Å². The van der Waals surface area contributed by atoms with E-state index in [-0.39, 0.29) is 0 Å². The van der Waals surface area contributed by atoms with Crippen LogP contribution in [0.5, 0.6) is 0 Å². The molecule has 4 heteroatoms. The highest BCUT2D eigenvalue weighted by Gasteiger charge is 2.20. The molecule has 0 spiro atoms. The molecule has 19 heavy (non-hydrogen) atoms. The summed E-state index contributed by atoms with van der Waals surface area (Å²) >= 11 is 0. The van der Waals surface area contributed by atoms with Crippen molar-refractivity contribution in [3.8, 4) is 0 Å². The molecular weight excluding hydrogens is 236 g/mol. The molecule has 1 saturated carbocycles. The van der Waals surface area contributed by atoms with Gasteiger partial charge in [-0.05, 0) is 31.7 Å². The lowest BCUT2D eigenvalue weighted by molar-refractivity contribution is 0.176. The smallest absolute Gasteiger partial charge is 0.144 e. The molecule has 1 heterocycles. The van der Waals surface area contributed by atoms with Gasteiger partial charge in [0.1, 0.15) is 5.82 Å². The van der Waals surface area contributed by atoms with Gasteiger partial charge in [0.05, 0.1) is 18.1 Å². The van der Waals surface area contributed by atoms with Crippen molar-refractivity contribution in [3.63, 3.8) is 0 Å². The van der Waals surface area contributed by atoms with Crippen molar-refractivity contribution in [3.05, 3.63) is 18.1 Å². The Morgan fingerprint density at radius 2 is 2.11 bits per heavy atom. The standard InChI is InChI=1S/C15H26N4/c1-3-8-16-15-10-17-14(9-18-15)12-19(4-2)11-13-6-5-7-13/h9-10,13H,3-8,11-12H2,1-2H3,(H,16,18). The van der Waals surface area contributed by atoms with Crippen molar-refractivity contribution in [2.24, 2.45) is 5.92 Å². The van der Waals surface area contributed by atoms with E-state index in [1.165, 1.54) is 25.8 Å². The maximum atomic E-state index is 4.50. The van der Waals surface area contributed by atoms with Gasteiger partial charge >= 0.3 is 0 Å². The lowest BCUT2D eigenvalue weighted by Crippen LogP contribution is -2.32. The second-order valence-corrected chi connectivity index (χ2v) is 5.44. The van der Waals surface area contributed by atoms with Crippen LogP contribution in [0.2, 0.25) is 0 Å². The Morgan fingerprint density at radius 1 is 1.26 bits per heavy atom. The van der Waals surface area contributed by atoms with Crippen molar-refractivity contribution in [2.45, 2.75) is 46.1 Å². The van der Waals surface area contributed by atoms with Crippen molar-refractivity contribution in [2.75, 3.05) is 25.0 Å². The van der Waals surface area contributed by atoms with Gasteiger partial charge in [-0.2, -0.15) is 0 Å². The van der Waals surface area contributed by atoms with E-state index < -0.39 is 0 Å². The van der Waals surface area contributed by atoms with E-state index in [1.54, 1.807) is 0 Å². The second-order valence-electron chi connectivity index (χ2n) is 5.44. The molecule has 0 atom stereocenters. The summed E-state index contributed by atoms with van der Waals surface area (Å²) in [6.45, 7) is 8.56. The first-order valence-corrected chi connectivity index (χ1v) is 7.59. The van der Waals surface area contributed by atoms with Crippen LogP contribution < -0.4 is 5.32 Å². The maximum absolute atomic E-state index is 4.50. The zero-order valence-electron chi connectivity index (χ0n) is 12.2. The summed E-state index contributed by atoms with van der Waals surface area (Å²) in [7, 11) is 0. The topological polar surface area (TPSA) is 41.1 Å². The molecule has 0 aromatic carbocycles. The third kappa shape index (κ3) is 4.46. The summed E-state index contributed by atoms with van der Waals surface area (Å²) in [6.07, 6.45) is 9.09. The third-order valence-electron chi connectivity index (χ3n) is 3.84. The predicted molar refractivity (Wildman–Crippen MR) is 79.1 cm³/mol. The van der Waals surface area contributed by atoms with Crippen LogP contribution in [-0.4, -0.2) is 34.5 Å². The Kier molecular flexibility index (Phi) is 5.58. The Balaban J connectivity index is 1.82. The summed E-state index contributed by atoms with van der Waals surface area (Å²) in [5.41, 5.74) is 1.07. The molecule has 1 aliphatic rings. The van der Waals surface area contributed by atoms with E-state index in [4.69, 9.17) is 0 Å². The second kappa shape index (κ2) is 7.43. The fourth-order valence-electron chi connectivity index (χ4n) is 2.36. The van der Waals surface area contributed by atoms with Crippen LogP contribution >= 0.6 is 0 Å². The highest BCUT2D eigenvalue weighted by atomic mass is 15.1. The number of nitrogens with one attached hydrogen (secondary N) is 1. The summed E-state index contributed by atoms with van der Waals surface area (Å²) < 4.78 is 0. The number of hydrogen-bond donors (Lipinski definition) is 1. The first kappa shape index (κ1) is 14.3. The monoisotopic (exact) mass is 262 g/mol. The minimum atomic E-state index is 0.882. The number of rotatable bonds is 8. The molecule has 1 aliphatic carbocycles. The van der Waals surface area contributed by atoms with Gasteiger partial charge in [-0.25, -0.2) is 4.98 Å². The van der Waals surface area contributed by atoms with Crippen molar-refractivity contribution >= 4 is 5.82 Å². The molecule has 0 amide bonds. The molecule has 0 saturated heterocycles. The zero-order chi connectivity index (χ0) is 13.5. The van der Waals surface area contributed by atoms with Gasteiger partial charge in [-0.3, -0.25) is 9.88 Å². The largest absolute Gasteiger partial charge is 0.369 e. The minimum Gasteiger partial charge on any atom is -0.369 e. The van der Waals surface area contributed by atoms with E-state index >= 15 is 0 Å². The molecule has 4 nitrogen and oxygen atoms in total. The van der Waals surface area contributed by atoms with Gasteiger partial charge in [0.2, 0.25) is 0 Å². The van der Waals surface area contributed by atoms with E-state index in [0.717, 1.165) is 43.5 Å². The molecule has 0 bridgehead atoms. The van der Waals surface area contributed by atoms with Gasteiger partial charge in [-0.1, -0.05) is 20.3 Å². The molecule has 0 unspecified atom stereocenters. The summed E-state index contributed by atoms with van der Waals surface area (Å²) in [6, 6.07) is 0. The normalized spacial score (nSPS) is 15.5. The average Bonchev–Trinajstić information content (AvgIpc) is 2.40. The van der Waals surface area contributed by atoms with Gasteiger partial charge in [0.25, 0.3) is 0 Å². The van der Waals surface area contributed by atoms with E-state index in [0.29, 0.717) is 0 Å². The summed E-state index contributed by atoms with van der Waals surface area (Å²) in [5.74, 6) is 1.80. The van der Waals surface area contributed by atoms with Crippen LogP contribution in [0.25, 0.3) is 0 Å². The quantitative estimate of drug-likeness (QED) is 0.782. The highest BCUT2D eigenvalue weighted by Crippen LogP contribution is 2.27. The molecular formula is C15H26N4. The van der Waals surface area contributed by atoms with E-state index in [9.17, 15) is 0 Å². The SMILES string of the molecule is CCCNc1cnc(CN(CC)CC2CCC2)cn1. The Labute approximate surface area is 116 Å². The highest BCUT2D eigenvalue weighted by molar-refractivity contribution is 5.30. The summed E-state index contributed by atoms with van der Waals surface area (Å²) in [4.78, 5) is 11.4.